The standard InChI is InChI=1S/C65H101N19O20/c1-6-33(4)51(67)63(103)83-46(30-85)62(102)77-40(20-22-49(89)90)57(97)84-52(32(2)3)64(104)82-44(27-47(66)86)61(101)80-43(25-36-16-11-8-12-17-36)60(100)81-45(28-50(91)92)58(98)74-34(5)54(94)75-39(19-21-48(87)88)56(96)79-42(24-35-14-9-7-10-15-35)59(99)76-38(18-13-23-72-65(69)70)55(95)78-41(53(68)93)26-37-29-71-31-73-37/h7,9-10,14-15,29,31-34,36,38-46,51-52,85H,6,8,11-13,16-28,30,67H2,1-5H3,(H2,66,86)(H2,68,93)(H,71,73)(H,74,98)(H,75,94)(H,76,99)(H,77,102)(H,78,95)(H,79,96)(H,80,101)(H,81,100)(H,82,104)(H,83,103)(H,84,97)(H,87,88)(H,89,90)(H,91,92)(H4,69,70,72)/t33-,34-,38-,39-,40-,41-,42-,43-,44-,45-,46-,51-,52-/m0/s1. The second kappa shape index (κ2) is 44.5. The van der Waals surface area contributed by atoms with Crippen LogP contribution in [0.5, 0.6) is 0 Å². The molecule has 26 N–H and O–H groups in total. The van der Waals surface area contributed by atoms with Crippen molar-refractivity contribution < 1.29 is 97.1 Å². The Hall–Kier alpha value is -10.9. The van der Waals surface area contributed by atoms with Gasteiger partial charge in [-0.3, -0.25) is 81.7 Å². The summed E-state index contributed by atoms with van der Waals surface area (Å²) in [7, 11) is 0. The molecule has 0 aliphatic heterocycles. The van der Waals surface area contributed by atoms with E-state index in [9.17, 15) is 97.1 Å². The van der Waals surface area contributed by atoms with Gasteiger partial charge in [-0.15, -0.1) is 0 Å². The number of hydrogen-bond donors (Lipinski definition) is 21. The molecule has 39 heteroatoms. The Morgan fingerprint density at radius 1 is 0.529 bits per heavy atom. The summed E-state index contributed by atoms with van der Waals surface area (Å²) in [6, 6.07) is -11.3. The lowest BCUT2D eigenvalue weighted by Crippen LogP contribution is -2.62. The van der Waals surface area contributed by atoms with E-state index in [-0.39, 0.29) is 56.4 Å². The minimum atomic E-state index is -2.03. The number of H-pyrrole nitrogens is 1. The third kappa shape index (κ3) is 31.6. The summed E-state index contributed by atoms with van der Waals surface area (Å²) in [5.74, 6) is -20.3. The van der Waals surface area contributed by atoms with Gasteiger partial charge in [0.25, 0.3) is 0 Å². The molecule has 1 aromatic carbocycles. The number of carbonyl (C=O) groups excluding carboxylic acids is 13. The van der Waals surface area contributed by atoms with Crippen molar-refractivity contribution in [2.75, 3.05) is 13.2 Å². The highest BCUT2D eigenvalue weighted by Crippen LogP contribution is 2.28. The molecule has 1 aromatic heterocycles. The Morgan fingerprint density at radius 3 is 1.52 bits per heavy atom. The van der Waals surface area contributed by atoms with Crippen molar-refractivity contribution in [1.82, 2.24) is 68.5 Å². The average molecular weight is 1470 g/mol. The van der Waals surface area contributed by atoms with Gasteiger partial charge in [0.2, 0.25) is 76.8 Å². The van der Waals surface area contributed by atoms with Crippen molar-refractivity contribution in [3.63, 3.8) is 0 Å². The predicted molar refractivity (Wildman–Crippen MR) is 369 cm³/mol. The summed E-state index contributed by atoms with van der Waals surface area (Å²) >= 11 is 0. The number of carbonyl (C=O) groups is 16. The highest BCUT2D eigenvalue weighted by Gasteiger charge is 2.39. The molecule has 0 unspecified atom stereocenters. The number of nitrogens with two attached hydrogens (primary N) is 5. The molecule has 0 radical (unpaired) electrons. The van der Waals surface area contributed by atoms with Crippen LogP contribution in [0.25, 0.3) is 0 Å². The third-order valence-electron chi connectivity index (χ3n) is 17.0. The number of primary amides is 2. The van der Waals surface area contributed by atoms with Gasteiger partial charge in [-0.1, -0.05) is 96.6 Å². The van der Waals surface area contributed by atoms with E-state index < -0.39 is 218 Å². The SMILES string of the molecule is CC[C@H](C)[C@H](N)C(=O)N[C@@H](CO)C(=O)N[C@@H](CCC(=O)O)C(=O)N[C@H](C(=O)N[C@@H](CC(N)=O)C(=O)N[C@@H](CC1CCCCC1)C(=O)N[C@@H](CC(=O)O)C(=O)N[C@@H](C)C(=O)N[C@@H](CCC(=O)O)C(=O)N[C@@H](Cc1ccccc1)C(=O)N[C@@H](CCCN=C(N)N)C(=O)N[C@@H](Cc1cnc[nH]1)C(N)=O)C(C)C. The molecule has 1 aliphatic carbocycles. The van der Waals surface area contributed by atoms with Crippen LogP contribution in [0.1, 0.15) is 142 Å². The molecule has 39 nitrogen and oxygen atoms in total. The smallest absolute Gasteiger partial charge is 0.305 e. The van der Waals surface area contributed by atoms with E-state index in [1.165, 1.54) is 26.4 Å². The second-order valence-electron chi connectivity index (χ2n) is 25.8. The van der Waals surface area contributed by atoms with E-state index in [2.05, 4.69) is 73.4 Å². The molecule has 1 aliphatic rings. The number of aliphatic carboxylic acids is 3. The average Bonchev–Trinajstić information content (AvgIpc) is 0.871. The number of nitrogens with zero attached hydrogens (tertiary/aromatic N) is 2. The van der Waals surface area contributed by atoms with E-state index in [1.54, 1.807) is 44.2 Å². The zero-order chi connectivity index (χ0) is 77.9. The fourth-order valence-corrected chi connectivity index (χ4v) is 10.9. The number of aromatic amines is 1. The molecule has 13 amide bonds. The molecule has 1 saturated carbocycles. The molecule has 13 atom stereocenters. The zero-order valence-electron chi connectivity index (χ0n) is 58.7. The molecular weight excluding hydrogens is 1370 g/mol. The number of benzene rings is 1. The molecular formula is C65H101N19O20. The highest BCUT2D eigenvalue weighted by molar-refractivity contribution is 6.01. The molecule has 1 heterocycles. The van der Waals surface area contributed by atoms with Crippen LogP contribution in [-0.4, -0.2) is 217 Å². The van der Waals surface area contributed by atoms with E-state index >= 15 is 0 Å². The van der Waals surface area contributed by atoms with Gasteiger partial charge in [-0.25, -0.2) is 4.98 Å². The van der Waals surface area contributed by atoms with E-state index in [0.717, 1.165) is 13.3 Å². The first-order valence-electron chi connectivity index (χ1n) is 34.0. The van der Waals surface area contributed by atoms with Crippen LogP contribution in [0.3, 0.4) is 0 Å². The molecule has 0 saturated heterocycles. The van der Waals surface area contributed by atoms with Gasteiger partial charge in [0.05, 0.1) is 31.8 Å². The van der Waals surface area contributed by atoms with Crippen LogP contribution in [0.4, 0.5) is 0 Å². The number of aromatic nitrogens is 2. The third-order valence-corrected chi connectivity index (χ3v) is 17.0. The quantitative estimate of drug-likeness (QED) is 0.0167. The lowest BCUT2D eigenvalue weighted by molar-refractivity contribution is -0.142. The largest absolute Gasteiger partial charge is 0.481 e. The minimum absolute atomic E-state index is 0.00819. The maximum Gasteiger partial charge on any atom is 0.305 e. The Morgan fingerprint density at radius 2 is 1.00 bits per heavy atom. The lowest BCUT2D eigenvalue weighted by atomic mass is 9.84. The van der Waals surface area contributed by atoms with Gasteiger partial charge in [0, 0.05) is 44.1 Å². The van der Waals surface area contributed by atoms with Gasteiger partial charge >= 0.3 is 17.9 Å². The lowest BCUT2D eigenvalue weighted by Gasteiger charge is -2.30. The van der Waals surface area contributed by atoms with Crippen LogP contribution < -0.4 is 87.2 Å². The summed E-state index contributed by atoms with van der Waals surface area (Å²) in [6.07, 6.45) is 1.25. The van der Waals surface area contributed by atoms with Gasteiger partial charge in [0.15, 0.2) is 5.96 Å². The first-order chi connectivity index (χ1) is 49.0. The number of carboxylic acid groups (broad SMARTS) is 3. The van der Waals surface area contributed by atoms with Gasteiger partial charge in [0.1, 0.15) is 66.5 Å². The van der Waals surface area contributed by atoms with Crippen molar-refractivity contribution in [2.24, 2.45) is 51.4 Å². The molecule has 0 spiro atoms. The van der Waals surface area contributed by atoms with Crippen molar-refractivity contribution >= 4 is 101 Å². The van der Waals surface area contributed by atoms with E-state index in [1.807, 2.05) is 0 Å². The number of nitrogens with one attached hydrogen (secondary N) is 12. The van der Waals surface area contributed by atoms with Gasteiger partial charge < -0.3 is 113 Å². The maximum atomic E-state index is 14.5. The Balaban J connectivity index is 1.91. The Kier molecular flexibility index (Phi) is 37.4. The van der Waals surface area contributed by atoms with Crippen LogP contribution in [0.15, 0.2) is 47.8 Å². The van der Waals surface area contributed by atoms with E-state index in [0.29, 0.717) is 43.4 Å². The molecule has 2 aromatic rings. The van der Waals surface area contributed by atoms with Crippen molar-refractivity contribution in [1.29, 1.82) is 0 Å². The first-order valence-corrected chi connectivity index (χ1v) is 34.0. The Bertz CT molecular complexity index is 3310. The summed E-state index contributed by atoms with van der Waals surface area (Å²) in [6.45, 7) is 6.45. The fourth-order valence-electron chi connectivity index (χ4n) is 10.9. The number of aliphatic hydroxyl groups is 1. The number of guanidine groups is 1. The Labute approximate surface area is 599 Å². The molecule has 3 rings (SSSR count). The molecule has 576 valence electrons. The van der Waals surface area contributed by atoms with Crippen LogP contribution in [-0.2, 0) is 89.6 Å². The second-order valence-corrected chi connectivity index (χ2v) is 25.8. The van der Waals surface area contributed by atoms with Crippen molar-refractivity contribution in [3.05, 3.63) is 54.1 Å². The van der Waals surface area contributed by atoms with Crippen LogP contribution in [0.2, 0.25) is 0 Å². The fraction of sp³-hybridized carbons (Fsp3) is 0.600. The first kappa shape index (κ1) is 87.4. The number of hydrogen-bond acceptors (Lipinski definition) is 20. The minimum Gasteiger partial charge on any atom is -0.481 e. The number of imidazole rings is 1. The van der Waals surface area contributed by atoms with Crippen molar-refractivity contribution in [2.45, 2.75) is 216 Å². The predicted octanol–water partition coefficient (Wildman–Crippen LogP) is -5.84. The highest BCUT2D eigenvalue weighted by atomic mass is 16.4. The number of carboxylic acids is 3. The normalized spacial score (nSPS) is 15.8. The summed E-state index contributed by atoms with van der Waals surface area (Å²) < 4.78 is 0. The molecule has 0 bridgehead atoms. The topological polar surface area (TPSA) is 658 Å². The van der Waals surface area contributed by atoms with Crippen LogP contribution in [0, 0.1) is 17.8 Å². The van der Waals surface area contributed by atoms with Gasteiger partial charge in [-0.2, -0.15) is 0 Å². The van der Waals surface area contributed by atoms with Crippen molar-refractivity contribution in [3.8, 4) is 0 Å². The number of amides is 13. The van der Waals surface area contributed by atoms with E-state index in [4.69, 9.17) is 28.7 Å². The van der Waals surface area contributed by atoms with Gasteiger partial charge in [-0.05, 0) is 62.3 Å². The zero-order valence-corrected chi connectivity index (χ0v) is 58.7. The summed E-state index contributed by atoms with van der Waals surface area (Å²) in [5, 5.41) is 65.5. The monoisotopic (exact) mass is 1470 g/mol. The number of aliphatic hydroxyl groups excluding tert-OH is 1. The number of aliphatic imine (C=N–C) groups is 1. The van der Waals surface area contributed by atoms with Crippen LogP contribution >= 0.6 is 0 Å². The summed E-state index contributed by atoms with van der Waals surface area (Å²) in [5.41, 5.74) is 29.0. The molecule has 1 fully saturated rings. The number of rotatable bonds is 47. The summed E-state index contributed by atoms with van der Waals surface area (Å²) in [4.78, 5) is 226. The molecule has 104 heavy (non-hydrogen) atoms. The maximum absolute atomic E-state index is 14.5.